The van der Waals surface area contributed by atoms with E-state index in [1.54, 1.807) is 0 Å². The van der Waals surface area contributed by atoms with Crippen molar-refractivity contribution in [3.8, 4) is 0 Å². The molecule has 0 spiro atoms. The lowest BCUT2D eigenvalue weighted by Crippen LogP contribution is -2.38. The van der Waals surface area contributed by atoms with Gasteiger partial charge in [-0.15, -0.1) is 0 Å². The number of hydrogen-bond donors (Lipinski definition) is 2. The van der Waals surface area contributed by atoms with Gasteiger partial charge >= 0.3 is 0 Å². The van der Waals surface area contributed by atoms with Crippen molar-refractivity contribution < 1.29 is 4.79 Å². The van der Waals surface area contributed by atoms with Gasteiger partial charge in [0.25, 0.3) is 0 Å². The Balaban J connectivity index is 1.88. The summed E-state index contributed by atoms with van der Waals surface area (Å²) in [6.07, 6.45) is 3.40. The Morgan fingerprint density at radius 3 is 3.00 bits per heavy atom. The maximum absolute atomic E-state index is 12.2. The molecule has 2 rings (SSSR count). The first-order chi connectivity index (χ1) is 10.1. The predicted molar refractivity (Wildman–Crippen MR) is 88.0 cm³/mol. The fraction of sp³-hybridized carbons (Fsp3) is 0.562. The number of halogens is 1. The molecule has 4 nitrogen and oxygen atoms in total. The van der Waals surface area contributed by atoms with Crippen molar-refractivity contribution in [2.75, 3.05) is 32.0 Å². The fourth-order valence-corrected chi connectivity index (χ4v) is 2.99. The maximum atomic E-state index is 12.2. The second kappa shape index (κ2) is 7.78. The van der Waals surface area contributed by atoms with E-state index < -0.39 is 0 Å². The maximum Gasteiger partial charge on any atom is 0.238 e. The molecular formula is C16H24ClN3O. The van der Waals surface area contributed by atoms with Gasteiger partial charge in [-0.25, -0.2) is 0 Å². The van der Waals surface area contributed by atoms with Gasteiger partial charge in [-0.2, -0.15) is 0 Å². The quantitative estimate of drug-likeness (QED) is 0.899. The van der Waals surface area contributed by atoms with Crippen molar-refractivity contribution in [1.29, 1.82) is 0 Å². The minimum absolute atomic E-state index is 0.0135. The lowest BCUT2D eigenvalue weighted by atomic mass is 10.1. The van der Waals surface area contributed by atoms with Gasteiger partial charge in [0.2, 0.25) is 5.91 Å². The number of carbonyl (C=O) groups excluding carboxylic acids is 1. The number of hydrogen-bond acceptors (Lipinski definition) is 3. The molecule has 21 heavy (non-hydrogen) atoms. The first-order valence-electron chi connectivity index (χ1n) is 7.53. The van der Waals surface area contributed by atoms with Gasteiger partial charge in [-0.05, 0) is 64.0 Å². The molecule has 1 saturated heterocycles. The van der Waals surface area contributed by atoms with Crippen LogP contribution >= 0.6 is 11.6 Å². The number of aryl methyl sites for hydroxylation is 1. The van der Waals surface area contributed by atoms with E-state index in [-0.39, 0.29) is 5.91 Å². The lowest BCUT2D eigenvalue weighted by Gasteiger charge is -2.26. The van der Waals surface area contributed by atoms with E-state index >= 15 is 0 Å². The SMILES string of the molecule is Cc1ccc(NC(=O)CN(C)C2CCCNCC2)c(Cl)c1. The molecule has 1 aromatic rings. The van der Waals surface area contributed by atoms with Crippen LogP contribution < -0.4 is 10.6 Å². The normalized spacial score (nSPS) is 19.3. The number of rotatable bonds is 4. The van der Waals surface area contributed by atoms with Crippen LogP contribution in [0.4, 0.5) is 5.69 Å². The molecule has 0 aromatic heterocycles. The Kier molecular flexibility index (Phi) is 6.03. The molecule has 1 unspecified atom stereocenters. The van der Waals surface area contributed by atoms with E-state index in [4.69, 9.17) is 11.6 Å². The van der Waals surface area contributed by atoms with E-state index in [1.165, 1.54) is 6.42 Å². The highest BCUT2D eigenvalue weighted by Gasteiger charge is 2.19. The molecule has 1 aliphatic rings. The molecule has 116 valence electrons. The largest absolute Gasteiger partial charge is 0.324 e. The lowest BCUT2D eigenvalue weighted by molar-refractivity contribution is -0.117. The molecule has 1 aromatic carbocycles. The molecule has 1 atom stereocenters. The van der Waals surface area contributed by atoms with Crippen LogP contribution in [0.5, 0.6) is 0 Å². The minimum atomic E-state index is -0.0135. The average molecular weight is 310 g/mol. The molecule has 0 saturated carbocycles. The van der Waals surface area contributed by atoms with Crippen LogP contribution in [-0.2, 0) is 4.79 Å². The van der Waals surface area contributed by atoms with Crippen LogP contribution in [-0.4, -0.2) is 43.5 Å². The number of nitrogens with zero attached hydrogens (tertiary/aromatic N) is 1. The van der Waals surface area contributed by atoms with Crippen LogP contribution in [0.25, 0.3) is 0 Å². The van der Waals surface area contributed by atoms with Gasteiger partial charge in [0.1, 0.15) is 0 Å². The Bertz CT molecular complexity index is 484. The Hall–Kier alpha value is -1.10. The molecule has 0 radical (unpaired) electrons. The van der Waals surface area contributed by atoms with Crippen LogP contribution in [0.2, 0.25) is 5.02 Å². The third kappa shape index (κ3) is 4.99. The molecule has 5 heteroatoms. The summed E-state index contributed by atoms with van der Waals surface area (Å²) in [4.78, 5) is 14.3. The van der Waals surface area contributed by atoms with Crippen molar-refractivity contribution in [2.45, 2.75) is 32.2 Å². The summed E-state index contributed by atoms with van der Waals surface area (Å²) in [5, 5.41) is 6.88. The van der Waals surface area contributed by atoms with Crippen molar-refractivity contribution >= 4 is 23.2 Å². The first-order valence-corrected chi connectivity index (χ1v) is 7.91. The second-order valence-corrected chi connectivity index (χ2v) is 6.19. The zero-order valence-corrected chi connectivity index (χ0v) is 13.5. The fourth-order valence-electron chi connectivity index (χ4n) is 2.71. The standard InChI is InChI=1S/C16H24ClN3O/c1-12-5-6-15(14(17)10-12)19-16(21)11-20(2)13-4-3-8-18-9-7-13/h5-6,10,13,18H,3-4,7-9,11H2,1-2H3,(H,19,21). The second-order valence-electron chi connectivity index (χ2n) is 5.78. The van der Waals surface area contributed by atoms with Crippen molar-refractivity contribution in [3.05, 3.63) is 28.8 Å². The molecule has 0 aliphatic carbocycles. The van der Waals surface area contributed by atoms with Crippen molar-refractivity contribution in [2.24, 2.45) is 0 Å². The highest BCUT2D eigenvalue weighted by molar-refractivity contribution is 6.33. The molecule has 0 bridgehead atoms. The zero-order chi connectivity index (χ0) is 15.2. The van der Waals surface area contributed by atoms with Gasteiger partial charge in [-0.1, -0.05) is 17.7 Å². The van der Waals surface area contributed by atoms with Crippen molar-refractivity contribution in [3.63, 3.8) is 0 Å². The topological polar surface area (TPSA) is 44.4 Å². The number of nitrogens with one attached hydrogen (secondary N) is 2. The van der Waals surface area contributed by atoms with E-state index in [1.807, 2.05) is 32.2 Å². The Morgan fingerprint density at radius 2 is 2.24 bits per heavy atom. The number of anilines is 1. The van der Waals surface area contributed by atoms with Crippen LogP contribution in [0.3, 0.4) is 0 Å². The van der Waals surface area contributed by atoms with E-state index in [0.717, 1.165) is 31.5 Å². The summed E-state index contributed by atoms with van der Waals surface area (Å²) < 4.78 is 0. The number of benzene rings is 1. The van der Waals surface area contributed by atoms with Gasteiger partial charge in [0.15, 0.2) is 0 Å². The summed E-state index contributed by atoms with van der Waals surface area (Å²) in [7, 11) is 2.02. The van der Waals surface area contributed by atoms with Crippen LogP contribution in [0.1, 0.15) is 24.8 Å². The van der Waals surface area contributed by atoms with E-state index in [2.05, 4.69) is 15.5 Å². The molecular weight excluding hydrogens is 286 g/mol. The Morgan fingerprint density at radius 1 is 1.43 bits per heavy atom. The Labute approximate surface area is 131 Å². The average Bonchev–Trinajstić information content (AvgIpc) is 2.71. The van der Waals surface area contributed by atoms with Gasteiger partial charge < -0.3 is 10.6 Å². The third-order valence-electron chi connectivity index (χ3n) is 3.96. The van der Waals surface area contributed by atoms with E-state index in [0.29, 0.717) is 23.3 Å². The molecule has 1 amide bonds. The minimum Gasteiger partial charge on any atom is -0.324 e. The van der Waals surface area contributed by atoms with Crippen LogP contribution in [0.15, 0.2) is 18.2 Å². The summed E-state index contributed by atoms with van der Waals surface area (Å²) in [5.41, 5.74) is 1.77. The van der Waals surface area contributed by atoms with Crippen LogP contribution in [0, 0.1) is 6.92 Å². The van der Waals surface area contributed by atoms with E-state index in [9.17, 15) is 4.79 Å². The zero-order valence-electron chi connectivity index (χ0n) is 12.8. The smallest absolute Gasteiger partial charge is 0.238 e. The predicted octanol–water partition coefficient (Wildman–Crippen LogP) is 2.66. The summed E-state index contributed by atoms with van der Waals surface area (Å²) in [5.74, 6) is -0.0135. The number of amides is 1. The molecule has 1 aliphatic heterocycles. The third-order valence-corrected chi connectivity index (χ3v) is 4.27. The summed E-state index contributed by atoms with van der Waals surface area (Å²) in [6.45, 7) is 4.48. The molecule has 2 N–H and O–H groups in total. The van der Waals surface area contributed by atoms with Gasteiger partial charge in [-0.3, -0.25) is 9.69 Å². The first kappa shape index (κ1) is 16.3. The molecule has 1 fully saturated rings. The highest BCUT2D eigenvalue weighted by Crippen LogP contribution is 2.22. The monoisotopic (exact) mass is 309 g/mol. The number of carbonyl (C=O) groups is 1. The van der Waals surface area contributed by atoms with Gasteiger partial charge in [0.05, 0.1) is 17.3 Å². The number of likely N-dealkylation sites (N-methyl/N-ethyl adjacent to an activating group) is 1. The highest BCUT2D eigenvalue weighted by atomic mass is 35.5. The van der Waals surface area contributed by atoms with Crippen molar-refractivity contribution in [1.82, 2.24) is 10.2 Å². The molecule has 1 heterocycles. The summed E-state index contributed by atoms with van der Waals surface area (Å²) >= 11 is 6.14. The van der Waals surface area contributed by atoms with Gasteiger partial charge in [0, 0.05) is 6.04 Å². The summed E-state index contributed by atoms with van der Waals surface area (Å²) in [6, 6.07) is 6.13.